The Hall–Kier alpha value is -3.17. The van der Waals surface area contributed by atoms with Crippen molar-refractivity contribution < 1.29 is 18.7 Å². The van der Waals surface area contributed by atoms with E-state index in [1.807, 2.05) is 48.0 Å². The topological polar surface area (TPSA) is 86.5 Å². The standard InChI is InChI=1S/C20H15N3O4S2/c1-11-13(21-19(27-11)17-3-2-6-28-17)8-18(24)23-20-22-14(9-29-20)12-4-5-15-16(7-12)26-10-25-15/h2-7,9H,8,10H2,1H3,(H,22,23,24). The van der Waals surface area contributed by atoms with Gasteiger partial charge in [0.2, 0.25) is 18.6 Å². The highest BCUT2D eigenvalue weighted by Crippen LogP contribution is 2.36. The van der Waals surface area contributed by atoms with Crippen molar-refractivity contribution in [2.45, 2.75) is 13.3 Å². The zero-order valence-corrected chi connectivity index (χ0v) is 16.9. The molecule has 5 rings (SSSR count). The lowest BCUT2D eigenvalue weighted by Gasteiger charge is -2.01. The fourth-order valence-corrected chi connectivity index (χ4v) is 4.32. The third kappa shape index (κ3) is 3.62. The Balaban J connectivity index is 1.27. The normalized spacial score (nSPS) is 12.3. The van der Waals surface area contributed by atoms with Crippen molar-refractivity contribution in [1.29, 1.82) is 0 Å². The Morgan fingerprint density at radius 2 is 2.07 bits per heavy atom. The lowest BCUT2D eigenvalue weighted by molar-refractivity contribution is -0.115. The molecule has 4 heterocycles. The van der Waals surface area contributed by atoms with Gasteiger partial charge in [-0.05, 0) is 36.6 Å². The Labute approximate surface area is 174 Å². The van der Waals surface area contributed by atoms with Crippen molar-refractivity contribution in [2.75, 3.05) is 12.1 Å². The average molecular weight is 425 g/mol. The van der Waals surface area contributed by atoms with E-state index >= 15 is 0 Å². The number of benzene rings is 1. The van der Waals surface area contributed by atoms with Gasteiger partial charge in [0.1, 0.15) is 5.76 Å². The van der Waals surface area contributed by atoms with E-state index in [0.29, 0.717) is 28.2 Å². The minimum atomic E-state index is -0.189. The first-order valence-corrected chi connectivity index (χ1v) is 10.6. The molecule has 0 bridgehead atoms. The lowest BCUT2D eigenvalue weighted by atomic mass is 10.1. The highest BCUT2D eigenvalue weighted by atomic mass is 32.1. The Morgan fingerprint density at radius 3 is 2.93 bits per heavy atom. The molecule has 3 aromatic heterocycles. The van der Waals surface area contributed by atoms with Crippen LogP contribution in [0.1, 0.15) is 11.5 Å². The summed E-state index contributed by atoms with van der Waals surface area (Å²) < 4.78 is 16.4. The van der Waals surface area contributed by atoms with E-state index < -0.39 is 0 Å². The third-order valence-corrected chi connectivity index (χ3v) is 5.99. The largest absolute Gasteiger partial charge is 0.454 e. The maximum atomic E-state index is 12.5. The molecule has 0 atom stereocenters. The van der Waals surface area contributed by atoms with Gasteiger partial charge in [-0.3, -0.25) is 4.79 Å². The van der Waals surface area contributed by atoms with Crippen molar-refractivity contribution in [3.8, 4) is 33.5 Å². The number of hydrogen-bond donors (Lipinski definition) is 1. The molecule has 0 saturated heterocycles. The molecule has 1 N–H and O–H groups in total. The number of oxazole rings is 1. The third-order valence-electron chi connectivity index (χ3n) is 4.37. The molecule has 7 nitrogen and oxygen atoms in total. The van der Waals surface area contributed by atoms with E-state index in [4.69, 9.17) is 13.9 Å². The second kappa shape index (κ2) is 7.34. The average Bonchev–Trinajstić information content (AvgIpc) is 3.49. The summed E-state index contributed by atoms with van der Waals surface area (Å²) in [6.07, 6.45) is 0.125. The van der Waals surface area contributed by atoms with Gasteiger partial charge in [0, 0.05) is 10.9 Å². The molecule has 1 aliphatic rings. The second-order valence-electron chi connectivity index (χ2n) is 6.33. The molecule has 29 heavy (non-hydrogen) atoms. The van der Waals surface area contributed by atoms with Gasteiger partial charge in [-0.15, -0.1) is 22.7 Å². The number of anilines is 1. The first kappa shape index (κ1) is 17.9. The van der Waals surface area contributed by atoms with Crippen LogP contribution in [0, 0.1) is 6.92 Å². The molecule has 146 valence electrons. The highest BCUT2D eigenvalue weighted by Gasteiger charge is 2.18. The van der Waals surface area contributed by atoms with Gasteiger partial charge in [0.05, 0.1) is 22.7 Å². The minimum Gasteiger partial charge on any atom is -0.454 e. The van der Waals surface area contributed by atoms with Gasteiger partial charge < -0.3 is 19.2 Å². The molecule has 0 spiro atoms. The summed E-state index contributed by atoms with van der Waals surface area (Å²) in [5, 5.41) is 7.22. The molecule has 1 aliphatic heterocycles. The zero-order chi connectivity index (χ0) is 19.8. The quantitative estimate of drug-likeness (QED) is 0.497. The number of aromatic nitrogens is 2. The lowest BCUT2D eigenvalue weighted by Crippen LogP contribution is -2.15. The molecule has 4 aromatic rings. The van der Waals surface area contributed by atoms with Gasteiger partial charge in [0.25, 0.3) is 0 Å². The Bertz CT molecular complexity index is 1180. The van der Waals surface area contributed by atoms with Crippen LogP contribution in [0.2, 0.25) is 0 Å². The number of hydrogen-bond acceptors (Lipinski definition) is 8. The number of nitrogens with one attached hydrogen (secondary N) is 1. The van der Waals surface area contributed by atoms with E-state index in [1.54, 1.807) is 11.3 Å². The monoisotopic (exact) mass is 425 g/mol. The summed E-state index contributed by atoms with van der Waals surface area (Å²) in [5.74, 6) is 2.42. The smallest absolute Gasteiger partial charge is 0.236 e. The molecule has 1 amide bonds. The molecule has 0 radical (unpaired) electrons. The van der Waals surface area contributed by atoms with Crippen LogP contribution >= 0.6 is 22.7 Å². The van der Waals surface area contributed by atoms with E-state index in [9.17, 15) is 4.79 Å². The molecular weight excluding hydrogens is 410 g/mol. The first-order chi connectivity index (χ1) is 14.2. The number of carbonyl (C=O) groups excluding carboxylic acids is 1. The van der Waals surface area contributed by atoms with Crippen LogP contribution in [0.25, 0.3) is 22.0 Å². The molecule has 0 unspecified atom stereocenters. The van der Waals surface area contributed by atoms with Crippen LogP contribution in [0.5, 0.6) is 11.5 Å². The second-order valence-corrected chi connectivity index (χ2v) is 8.14. The van der Waals surface area contributed by atoms with Crippen LogP contribution in [0.15, 0.2) is 45.5 Å². The predicted octanol–water partition coefficient (Wildman–Crippen LogP) is 4.74. The van der Waals surface area contributed by atoms with E-state index in [0.717, 1.165) is 21.9 Å². The number of carbonyl (C=O) groups is 1. The number of amides is 1. The summed E-state index contributed by atoms with van der Waals surface area (Å²) in [5.41, 5.74) is 2.29. The maximum Gasteiger partial charge on any atom is 0.236 e. The highest BCUT2D eigenvalue weighted by molar-refractivity contribution is 7.14. The van der Waals surface area contributed by atoms with Crippen molar-refractivity contribution in [3.05, 3.63) is 52.5 Å². The van der Waals surface area contributed by atoms with Crippen LogP contribution in [0.3, 0.4) is 0 Å². The number of ether oxygens (including phenoxy) is 2. The number of rotatable bonds is 5. The van der Waals surface area contributed by atoms with Gasteiger partial charge >= 0.3 is 0 Å². The minimum absolute atomic E-state index is 0.125. The number of nitrogens with zero attached hydrogens (tertiary/aromatic N) is 2. The summed E-state index contributed by atoms with van der Waals surface area (Å²) in [7, 11) is 0. The molecule has 0 saturated carbocycles. The molecule has 0 fully saturated rings. The number of fused-ring (bicyclic) bond motifs is 1. The molecule has 1 aromatic carbocycles. The predicted molar refractivity (Wildman–Crippen MR) is 111 cm³/mol. The Morgan fingerprint density at radius 1 is 1.17 bits per heavy atom. The van der Waals surface area contributed by atoms with E-state index in [1.165, 1.54) is 11.3 Å². The van der Waals surface area contributed by atoms with Crippen LogP contribution in [-0.4, -0.2) is 22.7 Å². The van der Waals surface area contributed by atoms with Crippen molar-refractivity contribution in [1.82, 2.24) is 9.97 Å². The van der Waals surface area contributed by atoms with Crippen LogP contribution in [0.4, 0.5) is 5.13 Å². The number of thiophene rings is 1. The number of aryl methyl sites for hydroxylation is 1. The van der Waals surface area contributed by atoms with E-state index in [-0.39, 0.29) is 19.1 Å². The van der Waals surface area contributed by atoms with Crippen LogP contribution < -0.4 is 14.8 Å². The summed E-state index contributed by atoms with van der Waals surface area (Å²) in [6.45, 7) is 2.04. The first-order valence-electron chi connectivity index (χ1n) is 8.81. The van der Waals surface area contributed by atoms with Gasteiger partial charge in [0.15, 0.2) is 16.6 Å². The van der Waals surface area contributed by atoms with Crippen molar-refractivity contribution >= 4 is 33.7 Å². The van der Waals surface area contributed by atoms with Gasteiger partial charge in [-0.25, -0.2) is 9.97 Å². The fraction of sp³-hybridized carbons (Fsp3) is 0.150. The Kier molecular flexibility index (Phi) is 4.53. The maximum absolute atomic E-state index is 12.5. The number of thiazole rings is 1. The summed E-state index contributed by atoms with van der Waals surface area (Å²) >= 11 is 2.91. The molecular formula is C20H15N3O4S2. The van der Waals surface area contributed by atoms with Crippen molar-refractivity contribution in [2.24, 2.45) is 0 Å². The van der Waals surface area contributed by atoms with Gasteiger partial charge in [-0.2, -0.15) is 0 Å². The zero-order valence-electron chi connectivity index (χ0n) is 15.3. The summed E-state index contributed by atoms with van der Waals surface area (Å²) in [6, 6.07) is 9.53. The fourth-order valence-electron chi connectivity index (χ4n) is 2.93. The van der Waals surface area contributed by atoms with E-state index in [2.05, 4.69) is 15.3 Å². The SMILES string of the molecule is Cc1oc(-c2cccs2)nc1CC(=O)Nc1nc(-c2ccc3c(c2)OCO3)cs1. The molecule has 9 heteroatoms. The summed E-state index contributed by atoms with van der Waals surface area (Å²) in [4.78, 5) is 22.4. The van der Waals surface area contributed by atoms with Gasteiger partial charge in [-0.1, -0.05) is 6.07 Å². The van der Waals surface area contributed by atoms with Crippen LogP contribution in [-0.2, 0) is 11.2 Å². The molecule has 0 aliphatic carbocycles. The van der Waals surface area contributed by atoms with Crippen molar-refractivity contribution in [3.63, 3.8) is 0 Å².